The first-order valence-corrected chi connectivity index (χ1v) is 5.90. The van der Waals surface area contributed by atoms with Gasteiger partial charge in [0.2, 0.25) is 0 Å². The zero-order valence-electron chi connectivity index (χ0n) is 11.7. The summed E-state index contributed by atoms with van der Waals surface area (Å²) in [6.45, 7) is 9.95. The maximum absolute atomic E-state index is 9.91. The Kier molecular flexibility index (Phi) is 5.25. The third-order valence-electron chi connectivity index (χ3n) is 2.03. The molecule has 0 amide bonds. The molecule has 0 saturated heterocycles. The van der Waals surface area contributed by atoms with Gasteiger partial charge in [-0.1, -0.05) is 0 Å². The summed E-state index contributed by atoms with van der Waals surface area (Å²) in [5, 5.41) is 36.9. The van der Waals surface area contributed by atoms with E-state index in [0.29, 0.717) is 6.42 Å². The summed E-state index contributed by atoms with van der Waals surface area (Å²) in [6, 6.07) is -0.178. The van der Waals surface area contributed by atoms with Gasteiger partial charge in [-0.2, -0.15) is 10.2 Å². The molecule has 17 heavy (non-hydrogen) atoms. The lowest BCUT2D eigenvalue weighted by Gasteiger charge is -2.26. The van der Waals surface area contributed by atoms with E-state index in [-0.39, 0.29) is 12.5 Å². The minimum Gasteiger partial charge on any atom is -0.390 e. The number of nitrogens with zero attached hydrogens (tertiary/aromatic N) is 2. The predicted octanol–water partition coefficient (Wildman–Crippen LogP) is 1.86. The average Bonchev–Trinajstić information content (AvgIpc) is 1.92. The van der Waals surface area contributed by atoms with Crippen molar-refractivity contribution >= 4 is 0 Å². The largest absolute Gasteiger partial charge is 0.390 e. The Morgan fingerprint density at radius 3 is 1.76 bits per heavy atom. The fourth-order valence-electron chi connectivity index (χ4n) is 1.84. The smallest absolute Gasteiger partial charge is 0.175 e. The van der Waals surface area contributed by atoms with Gasteiger partial charge in [0.05, 0.1) is 17.2 Å². The van der Waals surface area contributed by atoms with Crippen LogP contribution in [-0.4, -0.2) is 38.3 Å². The molecule has 0 aliphatic heterocycles. The van der Waals surface area contributed by atoms with Crippen molar-refractivity contribution in [1.82, 2.24) is 0 Å². The molecule has 0 heterocycles. The van der Waals surface area contributed by atoms with Gasteiger partial charge in [-0.15, -0.1) is 0 Å². The second-order valence-corrected chi connectivity index (χ2v) is 6.29. The summed E-state index contributed by atoms with van der Waals surface area (Å²) in [5.74, 6) is 0. The van der Waals surface area contributed by atoms with Gasteiger partial charge in [-0.3, -0.25) is 0 Å². The van der Waals surface area contributed by atoms with Crippen molar-refractivity contribution in [2.24, 2.45) is 10.2 Å². The summed E-state index contributed by atoms with van der Waals surface area (Å²) < 4.78 is 0. The normalized spacial score (nSPS) is 19.4. The standard InChI is InChI=1S/C12H26N2O3/c1-9(7-10(2,3)15)13-14-12(6,17)8-11(4,5)16/h9,15-17H,7-8H2,1-6H3. The molecule has 3 N–H and O–H groups in total. The van der Waals surface area contributed by atoms with Crippen LogP contribution in [0.3, 0.4) is 0 Å². The Morgan fingerprint density at radius 2 is 1.41 bits per heavy atom. The van der Waals surface area contributed by atoms with E-state index in [0.717, 1.165) is 0 Å². The molecule has 102 valence electrons. The van der Waals surface area contributed by atoms with E-state index in [9.17, 15) is 15.3 Å². The van der Waals surface area contributed by atoms with E-state index in [1.165, 1.54) is 6.92 Å². The molecular weight excluding hydrogens is 220 g/mol. The minimum atomic E-state index is -1.38. The molecule has 0 aromatic rings. The molecule has 0 radical (unpaired) electrons. The third-order valence-corrected chi connectivity index (χ3v) is 2.03. The molecule has 0 fully saturated rings. The predicted molar refractivity (Wildman–Crippen MR) is 66.8 cm³/mol. The monoisotopic (exact) mass is 246 g/mol. The Hall–Kier alpha value is -0.520. The van der Waals surface area contributed by atoms with Gasteiger partial charge in [0.25, 0.3) is 0 Å². The molecule has 5 nitrogen and oxygen atoms in total. The van der Waals surface area contributed by atoms with Crippen molar-refractivity contribution in [3.8, 4) is 0 Å². The van der Waals surface area contributed by atoms with Crippen LogP contribution >= 0.6 is 0 Å². The zero-order chi connectivity index (χ0) is 13.9. The van der Waals surface area contributed by atoms with Gasteiger partial charge < -0.3 is 15.3 Å². The van der Waals surface area contributed by atoms with Gasteiger partial charge in [0.1, 0.15) is 0 Å². The lowest BCUT2D eigenvalue weighted by Crippen LogP contribution is -2.33. The van der Waals surface area contributed by atoms with E-state index < -0.39 is 16.9 Å². The maximum atomic E-state index is 9.91. The molecule has 5 heteroatoms. The van der Waals surface area contributed by atoms with Crippen LogP contribution in [0.15, 0.2) is 10.2 Å². The van der Waals surface area contributed by atoms with Crippen molar-refractivity contribution < 1.29 is 15.3 Å². The molecule has 0 aromatic heterocycles. The van der Waals surface area contributed by atoms with Gasteiger partial charge in [0.15, 0.2) is 5.72 Å². The fraction of sp³-hybridized carbons (Fsp3) is 1.00. The molecule has 0 saturated carbocycles. The fourth-order valence-corrected chi connectivity index (χ4v) is 1.84. The highest BCUT2D eigenvalue weighted by Crippen LogP contribution is 2.22. The average molecular weight is 246 g/mol. The van der Waals surface area contributed by atoms with Crippen molar-refractivity contribution in [3.63, 3.8) is 0 Å². The zero-order valence-corrected chi connectivity index (χ0v) is 11.7. The molecule has 0 spiro atoms. The first-order valence-electron chi connectivity index (χ1n) is 5.90. The minimum absolute atomic E-state index is 0.110. The van der Waals surface area contributed by atoms with Crippen molar-refractivity contribution in [2.75, 3.05) is 0 Å². The van der Waals surface area contributed by atoms with Crippen LogP contribution in [0.1, 0.15) is 54.4 Å². The van der Waals surface area contributed by atoms with E-state index in [2.05, 4.69) is 10.2 Å². The van der Waals surface area contributed by atoms with Crippen molar-refractivity contribution in [3.05, 3.63) is 0 Å². The first kappa shape index (κ1) is 16.5. The van der Waals surface area contributed by atoms with Crippen LogP contribution < -0.4 is 0 Å². The van der Waals surface area contributed by atoms with Gasteiger partial charge in [-0.25, -0.2) is 0 Å². The lowest BCUT2D eigenvalue weighted by molar-refractivity contribution is -0.0354. The Bertz CT molecular complexity index is 262. The number of aliphatic hydroxyl groups is 3. The molecule has 0 rings (SSSR count). The third kappa shape index (κ3) is 10.4. The van der Waals surface area contributed by atoms with Gasteiger partial charge in [-0.05, 0) is 48.0 Å². The number of rotatable bonds is 6. The highest BCUT2D eigenvalue weighted by molar-refractivity contribution is 4.79. The molecule has 0 bridgehead atoms. The Morgan fingerprint density at radius 1 is 0.941 bits per heavy atom. The summed E-state index contributed by atoms with van der Waals surface area (Å²) in [5.41, 5.74) is -3.19. The SMILES string of the molecule is CC(CC(C)(C)O)N=NC(C)(O)CC(C)(C)O. The summed E-state index contributed by atoms with van der Waals surface area (Å²) in [7, 11) is 0. The number of hydrogen-bond donors (Lipinski definition) is 3. The second-order valence-electron chi connectivity index (χ2n) is 6.29. The number of azo groups is 1. The van der Waals surface area contributed by atoms with E-state index in [1.807, 2.05) is 6.92 Å². The van der Waals surface area contributed by atoms with E-state index in [4.69, 9.17) is 0 Å². The molecular formula is C12H26N2O3. The molecule has 0 aliphatic rings. The van der Waals surface area contributed by atoms with Crippen LogP contribution in [0.5, 0.6) is 0 Å². The van der Waals surface area contributed by atoms with Crippen molar-refractivity contribution in [2.45, 2.75) is 77.4 Å². The van der Waals surface area contributed by atoms with Crippen LogP contribution in [0.25, 0.3) is 0 Å². The number of hydrogen-bond acceptors (Lipinski definition) is 5. The Labute approximate surface area is 104 Å². The van der Waals surface area contributed by atoms with Gasteiger partial charge >= 0.3 is 0 Å². The van der Waals surface area contributed by atoms with E-state index >= 15 is 0 Å². The maximum Gasteiger partial charge on any atom is 0.175 e. The quantitative estimate of drug-likeness (QED) is 0.625. The van der Waals surface area contributed by atoms with Crippen LogP contribution in [-0.2, 0) is 0 Å². The molecule has 0 aliphatic carbocycles. The molecule has 2 atom stereocenters. The summed E-state index contributed by atoms with van der Waals surface area (Å²) in [4.78, 5) is 0. The summed E-state index contributed by atoms with van der Waals surface area (Å²) in [6.07, 6.45) is 0.577. The van der Waals surface area contributed by atoms with Crippen LogP contribution in [0, 0.1) is 0 Å². The van der Waals surface area contributed by atoms with E-state index in [1.54, 1.807) is 27.7 Å². The topological polar surface area (TPSA) is 85.4 Å². The van der Waals surface area contributed by atoms with Crippen LogP contribution in [0.4, 0.5) is 0 Å². The molecule has 0 aromatic carbocycles. The van der Waals surface area contributed by atoms with Crippen molar-refractivity contribution in [1.29, 1.82) is 0 Å². The lowest BCUT2D eigenvalue weighted by atomic mass is 9.98. The first-order chi connectivity index (χ1) is 7.31. The second kappa shape index (κ2) is 5.42. The highest BCUT2D eigenvalue weighted by Gasteiger charge is 2.29. The highest BCUT2D eigenvalue weighted by atomic mass is 16.3. The Balaban J connectivity index is 4.40. The van der Waals surface area contributed by atoms with Crippen LogP contribution in [0.2, 0.25) is 0 Å². The summed E-state index contributed by atoms with van der Waals surface area (Å²) >= 11 is 0. The van der Waals surface area contributed by atoms with Gasteiger partial charge in [0, 0.05) is 6.42 Å². The molecule has 2 unspecified atom stereocenters.